The molecule has 4 aromatic carbocycles. The van der Waals surface area contributed by atoms with E-state index in [0.29, 0.717) is 0 Å². The molecular formula is C26H26O2Si2. The van der Waals surface area contributed by atoms with Gasteiger partial charge < -0.3 is 0 Å². The average Bonchev–Trinajstić information content (AvgIpc) is 2.82. The topological polar surface area (TPSA) is 18.5 Å². The van der Waals surface area contributed by atoms with Crippen molar-refractivity contribution in [2.45, 2.75) is 13.1 Å². The highest BCUT2D eigenvalue weighted by molar-refractivity contribution is 7.07. The van der Waals surface area contributed by atoms with Gasteiger partial charge in [0.05, 0.1) is 0 Å². The van der Waals surface area contributed by atoms with Gasteiger partial charge in [0.25, 0.3) is 8.32 Å². The number of benzene rings is 4. The molecule has 0 aliphatic carbocycles. The maximum Gasteiger partial charge on any atom is 0.329 e. The Morgan fingerprint density at radius 1 is 0.400 bits per heavy atom. The monoisotopic (exact) mass is 426 g/mol. The molecule has 0 atom stereocenters. The van der Waals surface area contributed by atoms with Crippen LogP contribution in [0.2, 0.25) is 13.1 Å². The largest absolute Gasteiger partial charge is 0.329 e. The van der Waals surface area contributed by atoms with Crippen LogP contribution in [-0.4, -0.2) is 16.6 Å². The van der Waals surface area contributed by atoms with Crippen LogP contribution >= 0.6 is 0 Å². The minimum Gasteiger partial charge on any atom is -0.291 e. The lowest BCUT2D eigenvalue weighted by atomic mass is 10.3. The van der Waals surface area contributed by atoms with Gasteiger partial charge in [0.2, 0.25) is 0 Å². The summed E-state index contributed by atoms with van der Waals surface area (Å²) in [6, 6.07) is 42.0. The van der Waals surface area contributed by atoms with Crippen LogP contribution in [0.3, 0.4) is 0 Å². The first-order valence-corrected chi connectivity index (χ1v) is 15.0. The fraction of sp³-hybridized carbons (Fsp3) is 0.0769. The van der Waals surface area contributed by atoms with Gasteiger partial charge in [-0.3, -0.25) is 9.15 Å². The van der Waals surface area contributed by atoms with E-state index in [1.54, 1.807) is 0 Å². The van der Waals surface area contributed by atoms with Crippen LogP contribution in [0.4, 0.5) is 0 Å². The van der Waals surface area contributed by atoms with E-state index >= 15 is 0 Å². The van der Waals surface area contributed by atoms with Crippen molar-refractivity contribution in [2.75, 3.05) is 0 Å². The maximum absolute atomic E-state index is 6.71. The Kier molecular flexibility index (Phi) is 6.11. The minimum atomic E-state index is -2.85. The zero-order valence-corrected chi connectivity index (χ0v) is 19.4. The van der Waals surface area contributed by atoms with Crippen LogP contribution < -0.4 is 20.7 Å². The fourth-order valence-corrected chi connectivity index (χ4v) is 9.42. The third-order valence-electron chi connectivity index (χ3n) is 5.38. The summed E-state index contributed by atoms with van der Waals surface area (Å²) in [6.07, 6.45) is 0. The van der Waals surface area contributed by atoms with Crippen molar-refractivity contribution in [1.82, 2.24) is 0 Å². The van der Waals surface area contributed by atoms with Crippen molar-refractivity contribution < 1.29 is 9.15 Å². The van der Waals surface area contributed by atoms with Crippen LogP contribution in [0, 0.1) is 0 Å². The second kappa shape index (κ2) is 8.94. The zero-order valence-electron chi connectivity index (χ0n) is 17.4. The SMILES string of the molecule is C[Si](C)(OO[Si](c1ccccc1)(c1ccccc1)c1ccccc1)c1ccccc1. The summed E-state index contributed by atoms with van der Waals surface area (Å²) >= 11 is 0. The highest BCUT2D eigenvalue weighted by Gasteiger charge is 2.45. The summed E-state index contributed by atoms with van der Waals surface area (Å²) in [5, 5.41) is 4.71. The molecule has 0 aliphatic rings. The first-order chi connectivity index (χ1) is 14.6. The Bertz CT molecular complexity index is 957. The second-order valence-electron chi connectivity index (χ2n) is 7.82. The molecular weight excluding hydrogens is 400 g/mol. The van der Waals surface area contributed by atoms with Crippen LogP contribution in [-0.2, 0) is 9.15 Å². The van der Waals surface area contributed by atoms with E-state index in [0.717, 1.165) is 0 Å². The van der Waals surface area contributed by atoms with Crippen molar-refractivity contribution in [3.05, 3.63) is 121 Å². The van der Waals surface area contributed by atoms with Gasteiger partial charge >= 0.3 is 8.32 Å². The molecule has 0 bridgehead atoms. The molecule has 150 valence electrons. The Labute approximate surface area is 180 Å². The molecule has 0 heterocycles. The predicted molar refractivity (Wildman–Crippen MR) is 130 cm³/mol. The van der Waals surface area contributed by atoms with Gasteiger partial charge in [0.15, 0.2) is 0 Å². The van der Waals surface area contributed by atoms with Gasteiger partial charge in [-0.05, 0) is 33.8 Å². The molecule has 2 nitrogen and oxygen atoms in total. The molecule has 0 spiro atoms. The normalized spacial score (nSPS) is 11.9. The molecule has 30 heavy (non-hydrogen) atoms. The Morgan fingerprint density at radius 3 is 1.03 bits per heavy atom. The Balaban J connectivity index is 1.85. The van der Waals surface area contributed by atoms with Crippen LogP contribution in [0.1, 0.15) is 0 Å². The maximum atomic E-state index is 6.71. The lowest BCUT2D eigenvalue weighted by Gasteiger charge is -2.35. The summed E-state index contributed by atoms with van der Waals surface area (Å²) in [5.74, 6) is 0. The van der Waals surface area contributed by atoms with E-state index in [-0.39, 0.29) is 0 Å². The molecule has 4 aromatic rings. The van der Waals surface area contributed by atoms with Gasteiger partial charge in [-0.2, -0.15) is 0 Å². The molecule has 0 fully saturated rings. The summed E-state index contributed by atoms with van der Waals surface area (Å²) < 4.78 is 13.2. The molecule has 4 heteroatoms. The Morgan fingerprint density at radius 2 is 0.700 bits per heavy atom. The van der Waals surface area contributed by atoms with Crippen LogP contribution in [0.15, 0.2) is 121 Å². The van der Waals surface area contributed by atoms with E-state index in [1.807, 2.05) is 24.3 Å². The lowest BCUT2D eigenvalue weighted by Crippen LogP contribution is -2.70. The molecule has 0 aliphatic heterocycles. The van der Waals surface area contributed by atoms with Gasteiger partial charge in [0, 0.05) is 0 Å². The van der Waals surface area contributed by atoms with Crippen molar-refractivity contribution in [2.24, 2.45) is 0 Å². The molecule has 0 radical (unpaired) electrons. The number of hydrogen-bond acceptors (Lipinski definition) is 2. The predicted octanol–water partition coefficient (Wildman–Crippen LogP) is 3.71. The summed E-state index contributed by atoms with van der Waals surface area (Å²) in [5.41, 5.74) is 0. The molecule has 0 saturated carbocycles. The summed E-state index contributed by atoms with van der Waals surface area (Å²) in [4.78, 5) is 0. The number of rotatable bonds is 7. The zero-order chi connectivity index (χ0) is 20.9. The van der Waals surface area contributed by atoms with Crippen molar-refractivity contribution in [3.63, 3.8) is 0 Å². The van der Waals surface area contributed by atoms with E-state index in [1.165, 1.54) is 20.7 Å². The van der Waals surface area contributed by atoms with Crippen molar-refractivity contribution >= 4 is 37.4 Å². The summed E-state index contributed by atoms with van der Waals surface area (Å²) in [7, 11) is -5.13. The van der Waals surface area contributed by atoms with E-state index in [2.05, 4.69) is 110 Å². The molecule has 0 aromatic heterocycles. The highest BCUT2D eigenvalue weighted by atomic mass is 28.4. The van der Waals surface area contributed by atoms with Gasteiger partial charge in [0.1, 0.15) is 0 Å². The minimum absolute atomic E-state index is 1.17. The summed E-state index contributed by atoms with van der Waals surface area (Å²) in [6.45, 7) is 4.37. The smallest absolute Gasteiger partial charge is 0.291 e. The lowest BCUT2D eigenvalue weighted by molar-refractivity contribution is -0.115. The fourth-order valence-electron chi connectivity index (χ4n) is 3.72. The average molecular weight is 427 g/mol. The second-order valence-corrected chi connectivity index (χ2v) is 14.8. The first-order valence-electron chi connectivity index (χ1n) is 10.2. The molecule has 0 saturated heterocycles. The standard InChI is InChI=1S/C26H26O2Si2/c1-29(2,23-15-7-3-8-16-23)27-28-30(24-17-9-4-10-18-24,25-19-11-5-12-20-25)26-21-13-6-14-22-26/h3-22H,1-2H3. The Hall–Kier alpha value is -2.77. The number of hydrogen-bond donors (Lipinski definition) is 0. The van der Waals surface area contributed by atoms with Gasteiger partial charge in [-0.1, -0.05) is 121 Å². The van der Waals surface area contributed by atoms with Gasteiger partial charge in [-0.25, -0.2) is 0 Å². The van der Waals surface area contributed by atoms with Crippen molar-refractivity contribution in [3.8, 4) is 0 Å². The van der Waals surface area contributed by atoms with Gasteiger partial charge in [-0.15, -0.1) is 0 Å². The first kappa shape index (κ1) is 20.5. The van der Waals surface area contributed by atoms with Crippen molar-refractivity contribution in [1.29, 1.82) is 0 Å². The van der Waals surface area contributed by atoms with E-state index in [9.17, 15) is 0 Å². The van der Waals surface area contributed by atoms with E-state index in [4.69, 9.17) is 9.15 Å². The third-order valence-corrected chi connectivity index (χ3v) is 11.5. The molecule has 0 amide bonds. The highest BCUT2D eigenvalue weighted by Crippen LogP contribution is 2.14. The third kappa shape index (κ3) is 4.08. The molecule has 0 N–H and O–H groups in total. The molecule has 4 rings (SSSR count). The van der Waals surface area contributed by atoms with Crippen LogP contribution in [0.25, 0.3) is 0 Å². The van der Waals surface area contributed by atoms with E-state index < -0.39 is 16.6 Å². The van der Waals surface area contributed by atoms with Crippen LogP contribution in [0.5, 0.6) is 0 Å². The quantitative estimate of drug-likeness (QED) is 0.194. The molecule has 0 unspecified atom stereocenters.